The SMILES string of the molecule is NCCN1CCN(C(=O)NC(C(=O)N[C@H]2Cc3cccc(C(=O)O)c3OB2O)c2c(F)c(F)c(O)c(F)c2F)C(=O)C1=O. The molecule has 0 bridgehead atoms. The fourth-order valence-corrected chi connectivity index (χ4v) is 4.58. The maximum Gasteiger partial charge on any atom is 0.547 e. The summed E-state index contributed by atoms with van der Waals surface area (Å²) in [4.78, 5) is 64.0. The average molecular weight is 611 g/mol. The normalized spacial score (nSPS) is 17.3. The summed E-state index contributed by atoms with van der Waals surface area (Å²) in [5.74, 6) is -18.4. The van der Waals surface area contributed by atoms with Crippen molar-refractivity contribution in [1.82, 2.24) is 20.4 Å². The molecule has 19 heteroatoms. The second-order valence-corrected chi connectivity index (χ2v) is 9.36. The summed E-state index contributed by atoms with van der Waals surface area (Å²) in [7, 11) is -1.95. The number of aromatic hydroxyl groups is 1. The fourth-order valence-electron chi connectivity index (χ4n) is 4.58. The molecule has 5 amide bonds. The molecule has 0 aromatic heterocycles. The Morgan fingerprint density at radius 2 is 1.72 bits per heavy atom. The van der Waals surface area contributed by atoms with Crippen LogP contribution in [0.3, 0.4) is 0 Å². The lowest BCUT2D eigenvalue weighted by atomic mass is 9.72. The number of carbonyl (C=O) groups is 5. The number of halogens is 4. The first-order valence-electron chi connectivity index (χ1n) is 12.4. The second-order valence-electron chi connectivity index (χ2n) is 9.36. The van der Waals surface area contributed by atoms with Crippen LogP contribution in [0.5, 0.6) is 11.5 Å². The van der Waals surface area contributed by atoms with Crippen molar-refractivity contribution in [3.05, 3.63) is 58.2 Å². The number of nitrogens with two attached hydrogens (primary N) is 1. The van der Waals surface area contributed by atoms with Crippen LogP contribution < -0.4 is 21.0 Å². The van der Waals surface area contributed by atoms with Gasteiger partial charge in [0.05, 0.1) is 17.1 Å². The summed E-state index contributed by atoms with van der Waals surface area (Å²) in [6, 6.07) is -0.302. The molecule has 1 saturated heterocycles. The zero-order valence-electron chi connectivity index (χ0n) is 21.8. The third kappa shape index (κ3) is 5.76. The molecule has 2 atom stereocenters. The Kier molecular flexibility index (Phi) is 8.76. The van der Waals surface area contributed by atoms with Gasteiger partial charge in [-0.15, -0.1) is 0 Å². The number of urea groups is 1. The number of aromatic carboxylic acids is 1. The third-order valence-electron chi connectivity index (χ3n) is 6.72. The minimum Gasteiger partial charge on any atom is -0.534 e. The van der Waals surface area contributed by atoms with Crippen LogP contribution in [0.25, 0.3) is 0 Å². The van der Waals surface area contributed by atoms with Crippen LogP contribution in [0.2, 0.25) is 0 Å². The molecule has 2 aliphatic heterocycles. The van der Waals surface area contributed by atoms with Crippen LogP contribution in [0.4, 0.5) is 22.4 Å². The molecule has 2 heterocycles. The number of hydrogen-bond donors (Lipinski definition) is 6. The number of carbonyl (C=O) groups excluding carboxylic acids is 4. The molecule has 1 fully saturated rings. The van der Waals surface area contributed by atoms with Gasteiger partial charge in [0, 0.05) is 26.2 Å². The number of rotatable bonds is 7. The Balaban J connectivity index is 1.67. The van der Waals surface area contributed by atoms with Gasteiger partial charge in [0.25, 0.3) is 0 Å². The van der Waals surface area contributed by atoms with E-state index in [4.69, 9.17) is 10.4 Å². The quantitative estimate of drug-likeness (QED) is 0.0990. The molecule has 0 aliphatic carbocycles. The Hall–Kier alpha value is -4.91. The molecule has 14 nitrogen and oxygen atoms in total. The molecule has 0 radical (unpaired) electrons. The van der Waals surface area contributed by atoms with Gasteiger partial charge >= 0.3 is 30.9 Å². The number of phenols is 1. The molecule has 43 heavy (non-hydrogen) atoms. The first-order valence-corrected chi connectivity index (χ1v) is 12.4. The molecule has 2 aromatic rings. The average Bonchev–Trinajstić information content (AvgIpc) is 2.97. The number of benzene rings is 2. The standard InChI is InChI=1S/C24H22BF4N5O9/c26-13-12(14(27)16(29)18(35)15(13)28)17(32-24(41)34-7-6-33(5-4-30)21(37)22(34)38)20(36)31-11-8-9-2-1-3-10(23(39)40)19(9)43-25(11)42/h1-3,11,17,35,42H,4-8,30H2,(H,31,36)(H,32,41)(H,39,40)/t11-,17?/m0/s1. The molecule has 4 rings (SSSR count). The van der Waals surface area contributed by atoms with Crippen molar-refractivity contribution >= 4 is 36.8 Å². The number of amides is 5. The van der Waals surface area contributed by atoms with Crippen molar-refractivity contribution in [2.24, 2.45) is 5.73 Å². The summed E-state index contributed by atoms with van der Waals surface area (Å²) in [6.45, 7) is -0.689. The smallest absolute Gasteiger partial charge is 0.534 e. The van der Waals surface area contributed by atoms with Gasteiger partial charge in [-0.3, -0.25) is 19.3 Å². The summed E-state index contributed by atoms with van der Waals surface area (Å²) in [5, 5.41) is 33.0. The first-order chi connectivity index (χ1) is 20.3. The van der Waals surface area contributed by atoms with Crippen LogP contribution in [0, 0.1) is 23.3 Å². The number of nitrogens with zero attached hydrogens (tertiary/aromatic N) is 2. The van der Waals surface area contributed by atoms with Crippen molar-refractivity contribution in [3.63, 3.8) is 0 Å². The van der Waals surface area contributed by atoms with E-state index in [1.54, 1.807) is 5.32 Å². The van der Waals surface area contributed by atoms with E-state index >= 15 is 0 Å². The van der Waals surface area contributed by atoms with E-state index in [9.17, 15) is 56.8 Å². The minimum absolute atomic E-state index is 0.0111. The summed E-state index contributed by atoms with van der Waals surface area (Å²) in [6.07, 6.45) is -0.316. The number of fused-ring (bicyclic) bond motifs is 1. The lowest BCUT2D eigenvalue weighted by molar-refractivity contribution is -0.153. The lowest BCUT2D eigenvalue weighted by Gasteiger charge is -2.33. The number of para-hydroxylation sites is 1. The zero-order chi connectivity index (χ0) is 31.7. The van der Waals surface area contributed by atoms with E-state index < -0.39 is 89.9 Å². The highest BCUT2D eigenvalue weighted by molar-refractivity contribution is 6.47. The van der Waals surface area contributed by atoms with Gasteiger partial charge in [-0.25, -0.2) is 18.4 Å². The van der Waals surface area contributed by atoms with Crippen molar-refractivity contribution in [3.8, 4) is 11.5 Å². The lowest BCUT2D eigenvalue weighted by Crippen LogP contribution is -2.60. The van der Waals surface area contributed by atoms with Crippen LogP contribution in [0.15, 0.2) is 18.2 Å². The molecule has 2 aliphatic rings. The highest BCUT2D eigenvalue weighted by atomic mass is 19.2. The number of carboxylic acid groups (broad SMARTS) is 1. The molecule has 0 saturated carbocycles. The Bertz CT molecular complexity index is 1500. The molecule has 1 unspecified atom stereocenters. The third-order valence-corrected chi connectivity index (χ3v) is 6.72. The number of hydrogen-bond acceptors (Lipinski definition) is 9. The number of carboxylic acids is 1. The number of nitrogens with one attached hydrogen (secondary N) is 2. The van der Waals surface area contributed by atoms with E-state index in [0.29, 0.717) is 4.90 Å². The van der Waals surface area contributed by atoms with Crippen molar-refractivity contribution in [2.45, 2.75) is 18.4 Å². The number of imide groups is 1. The van der Waals surface area contributed by atoms with Crippen molar-refractivity contribution in [1.29, 1.82) is 0 Å². The van der Waals surface area contributed by atoms with Crippen molar-refractivity contribution in [2.75, 3.05) is 26.2 Å². The molecule has 2 aromatic carbocycles. The van der Waals surface area contributed by atoms with Gasteiger partial charge in [-0.1, -0.05) is 12.1 Å². The fraction of sp³-hybridized carbons (Fsp3) is 0.292. The van der Waals surface area contributed by atoms with Crippen LogP contribution >= 0.6 is 0 Å². The van der Waals surface area contributed by atoms with Crippen LogP contribution in [-0.2, 0) is 20.8 Å². The van der Waals surface area contributed by atoms with Crippen molar-refractivity contribution < 1.29 is 61.4 Å². The minimum atomic E-state index is -2.65. The number of phenolic OH excluding ortho intramolecular Hbond substituents is 1. The van der Waals surface area contributed by atoms with Gasteiger partial charge < -0.3 is 41.2 Å². The molecule has 7 N–H and O–H groups in total. The molecular weight excluding hydrogens is 589 g/mol. The predicted octanol–water partition coefficient (Wildman–Crippen LogP) is -0.833. The Morgan fingerprint density at radius 1 is 1.07 bits per heavy atom. The summed E-state index contributed by atoms with van der Waals surface area (Å²) >= 11 is 0. The van der Waals surface area contributed by atoms with Gasteiger partial charge in [0.2, 0.25) is 17.5 Å². The maximum absolute atomic E-state index is 14.9. The first kappa shape index (κ1) is 31.0. The Labute approximate surface area is 239 Å². The topological polar surface area (TPSA) is 212 Å². The van der Waals surface area contributed by atoms with E-state index in [0.717, 1.165) is 4.90 Å². The van der Waals surface area contributed by atoms with Crippen LogP contribution in [0.1, 0.15) is 27.5 Å². The molecule has 228 valence electrons. The monoisotopic (exact) mass is 611 g/mol. The largest absolute Gasteiger partial charge is 0.547 e. The second kappa shape index (κ2) is 12.1. The van der Waals surface area contributed by atoms with E-state index in [2.05, 4.69) is 5.32 Å². The predicted molar refractivity (Wildman–Crippen MR) is 134 cm³/mol. The van der Waals surface area contributed by atoms with Gasteiger partial charge in [0.1, 0.15) is 11.8 Å². The maximum atomic E-state index is 14.9. The van der Waals surface area contributed by atoms with Gasteiger partial charge in [-0.05, 0) is 18.1 Å². The highest BCUT2D eigenvalue weighted by Crippen LogP contribution is 2.34. The van der Waals surface area contributed by atoms with E-state index in [1.165, 1.54) is 18.2 Å². The zero-order valence-corrected chi connectivity index (χ0v) is 21.8. The highest BCUT2D eigenvalue weighted by Gasteiger charge is 2.43. The van der Waals surface area contributed by atoms with Gasteiger partial charge in [0.15, 0.2) is 17.4 Å². The van der Waals surface area contributed by atoms with Crippen LogP contribution in [-0.4, -0.2) is 94.0 Å². The van der Waals surface area contributed by atoms with E-state index in [1.807, 2.05) is 0 Å². The number of piperazine rings is 1. The summed E-state index contributed by atoms with van der Waals surface area (Å²) < 4.78 is 63.5. The molecular formula is C24H22BF4N5O9. The Morgan fingerprint density at radius 3 is 2.33 bits per heavy atom. The summed E-state index contributed by atoms with van der Waals surface area (Å²) in [5.41, 5.74) is 3.51. The molecule has 0 spiro atoms. The van der Waals surface area contributed by atoms with E-state index in [-0.39, 0.29) is 42.9 Å². The van der Waals surface area contributed by atoms with Gasteiger partial charge in [-0.2, -0.15) is 8.78 Å².